The molecule has 0 spiro atoms. The van der Waals surface area contributed by atoms with Gasteiger partial charge >= 0.3 is 0 Å². The number of para-hydroxylation sites is 2. The number of aryl methyl sites for hydroxylation is 2. The number of hydrogen-bond acceptors (Lipinski definition) is 6. The molecule has 0 radical (unpaired) electrons. The summed E-state index contributed by atoms with van der Waals surface area (Å²) < 4.78 is 0. The van der Waals surface area contributed by atoms with Crippen LogP contribution >= 0.6 is 23.5 Å². The largest absolute Gasteiger partial charge is 0.268 e. The molecule has 11 rings (SSSR count). The van der Waals surface area contributed by atoms with Crippen molar-refractivity contribution in [3.05, 3.63) is 177 Å². The highest BCUT2D eigenvalue weighted by atomic mass is 32.2. The van der Waals surface area contributed by atoms with E-state index in [0.717, 1.165) is 85.3 Å². The quantitative estimate of drug-likeness (QED) is 0.0772. The highest BCUT2D eigenvalue weighted by Crippen LogP contribution is 2.54. The average Bonchev–Trinajstić information content (AvgIpc) is 3.33. The molecular formula is C62H54N2O4S2. The zero-order valence-electron chi connectivity index (χ0n) is 41.2. The molecule has 0 aromatic heterocycles. The van der Waals surface area contributed by atoms with Gasteiger partial charge in [0.1, 0.15) is 0 Å². The summed E-state index contributed by atoms with van der Waals surface area (Å²) in [4.78, 5) is 68.5. The highest BCUT2D eigenvalue weighted by molar-refractivity contribution is 8.00. The van der Waals surface area contributed by atoms with Crippen molar-refractivity contribution in [1.29, 1.82) is 0 Å². The van der Waals surface area contributed by atoms with E-state index in [-0.39, 0.29) is 47.3 Å². The monoisotopic (exact) mass is 954 g/mol. The van der Waals surface area contributed by atoms with Gasteiger partial charge in [-0.1, -0.05) is 163 Å². The standard InChI is InChI=1S/C62H54N2O4S2/c1-31(2)39-13-11-14-40(32(3)4)57(39)63-59(65)45-27-25-43-54-50(70-38-23-19-36(10)20-24-38)30-48-52-46(60(66)64(62(48)68)58-41(33(5)6)15-12-16-42(58)34(7)8)28-26-44(56(52)54)53-49(69-37-21-17-35(9)18-22-37)29-47(61(63)67)51(45)55(43)53/h11-34H,1-10H3. The average molecular weight is 955 g/mol. The number of rotatable bonds is 10. The van der Waals surface area contributed by atoms with Crippen LogP contribution < -0.4 is 9.80 Å². The fraction of sp³-hybridized carbons (Fsp3) is 0.226. The summed E-state index contributed by atoms with van der Waals surface area (Å²) in [6.07, 6.45) is 0. The molecule has 6 nitrogen and oxygen atoms in total. The Bertz CT molecular complexity index is 3420. The smallest absolute Gasteiger partial charge is 0.266 e. The van der Waals surface area contributed by atoms with E-state index < -0.39 is 0 Å². The van der Waals surface area contributed by atoms with Gasteiger partial charge in [-0.2, -0.15) is 0 Å². The first-order chi connectivity index (χ1) is 33.5. The minimum atomic E-state index is -0.356. The summed E-state index contributed by atoms with van der Waals surface area (Å²) in [6, 6.07) is 40.7. The molecule has 4 amide bonds. The van der Waals surface area contributed by atoms with Gasteiger partial charge < -0.3 is 0 Å². The number of fused-ring (bicyclic) bond motifs is 2. The maximum atomic E-state index is 15.6. The maximum Gasteiger partial charge on any atom is 0.266 e. The van der Waals surface area contributed by atoms with E-state index in [2.05, 4.69) is 118 Å². The summed E-state index contributed by atoms with van der Waals surface area (Å²) in [5, 5.41) is 6.32. The van der Waals surface area contributed by atoms with Crippen molar-refractivity contribution in [1.82, 2.24) is 0 Å². The van der Waals surface area contributed by atoms with E-state index in [9.17, 15) is 0 Å². The second kappa shape index (κ2) is 17.0. The number of benzene rings is 9. The Morgan fingerprint density at radius 1 is 0.357 bits per heavy atom. The van der Waals surface area contributed by atoms with E-state index in [1.54, 1.807) is 23.5 Å². The Morgan fingerprint density at radius 3 is 0.986 bits per heavy atom. The van der Waals surface area contributed by atoms with Crippen LogP contribution in [0.3, 0.4) is 0 Å². The highest BCUT2D eigenvalue weighted by Gasteiger charge is 2.42. The normalized spacial score (nSPS) is 14.0. The lowest BCUT2D eigenvalue weighted by Gasteiger charge is -2.34. The summed E-state index contributed by atoms with van der Waals surface area (Å²) in [5.74, 6) is -1.22. The van der Waals surface area contributed by atoms with Crippen molar-refractivity contribution in [2.24, 2.45) is 0 Å². The van der Waals surface area contributed by atoms with Gasteiger partial charge in [-0.3, -0.25) is 19.2 Å². The van der Waals surface area contributed by atoms with E-state index in [1.807, 2.05) is 72.8 Å². The molecule has 2 aliphatic rings. The second-order valence-corrected chi connectivity index (χ2v) is 22.6. The van der Waals surface area contributed by atoms with Crippen LogP contribution in [0.4, 0.5) is 11.4 Å². The third kappa shape index (κ3) is 6.92. The summed E-state index contributed by atoms with van der Waals surface area (Å²) in [5.41, 5.74) is 9.21. The molecule has 0 aliphatic carbocycles. The second-order valence-electron chi connectivity index (χ2n) is 20.3. The van der Waals surface area contributed by atoms with Crippen molar-refractivity contribution < 1.29 is 19.2 Å². The molecule has 0 atom stereocenters. The maximum absolute atomic E-state index is 15.6. The predicted molar refractivity (Wildman–Crippen MR) is 290 cm³/mol. The molecule has 0 saturated carbocycles. The van der Waals surface area contributed by atoms with Crippen molar-refractivity contribution >= 4 is 102 Å². The minimum absolute atomic E-state index is 0.0508. The lowest BCUT2D eigenvalue weighted by Crippen LogP contribution is -2.42. The molecule has 9 aromatic rings. The third-order valence-electron chi connectivity index (χ3n) is 14.4. The van der Waals surface area contributed by atoms with Gasteiger partial charge in [0.15, 0.2) is 0 Å². The molecule has 9 aromatic carbocycles. The van der Waals surface area contributed by atoms with Crippen molar-refractivity contribution in [3.63, 3.8) is 0 Å². The first kappa shape index (κ1) is 45.7. The predicted octanol–water partition coefficient (Wildman–Crippen LogP) is 16.8. The number of imide groups is 2. The molecule has 2 heterocycles. The van der Waals surface area contributed by atoms with Crippen LogP contribution in [0.1, 0.15) is 154 Å². The number of amides is 4. The zero-order valence-corrected chi connectivity index (χ0v) is 42.8. The molecule has 8 heteroatoms. The Labute approximate surface area is 417 Å². The van der Waals surface area contributed by atoms with E-state index in [1.165, 1.54) is 9.80 Å². The van der Waals surface area contributed by atoms with E-state index in [0.29, 0.717) is 44.4 Å². The zero-order chi connectivity index (χ0) is 49.2. The molecule has 0 N–H and O–H groups in total. The van der Waals surface area contributed by atoms with Gasteiger partial charge in [-0.15, -0.1) is 0 Å². The number of hydrogen-bond donors (Lipinski definition) is 0. The first-order valence-corrected chi connectivity index (χ1v) is 26.0. The first-order valence-electron chi connectivity index (χ1n) is 24.4. The molecule has 2 aliphatic heterocycles. The molecule has 348 valence electrons. The SMILES string of the molecule is Cc1ccc(Sc2cc3c4c(ccc5c6c(Sc7ccc(C)cc7)cc7c8c(ccc(c2c45)c86)C(=O)N(c2c(C(C)C)cccc2C(C)C)C7=O)C(=O)N(c2c(C(C)C)cccc2C(C)C)C3=O)cc1. The van der Waals surface area contributed by atoms with Crippen LogP contribution in [0.2, 0.25) is 0 Å². The molecule has 0 unspecified atom stereocenters. The van der Waals surface area contributed by atoms with Crippen molar-refractivity contribution in [3.8, 4) is 0 Å². The van der Waals surface area contributed by atoms with Gasteiger partial charge in [0.05, 0.1) is 22.5 Å². The fourth-order valence-electron chi connectivity index (χ4n) is 11.0. The van der Waals surface area contributed by atoms with E-state index >= 15 is 19.2 Å². The summed E-state index contributed by atoms with van der Waals surface area (Å²) >= 11 is 3.16. The molecule has 70 heavy (non-hydrogen) atoms. The number of nitrogens with zero attached hydrogens (tertiary/aromatic N) is 2. The van der Waals surface area contributed by atoms with Gasteiger partial charge in [-0.25, -0.2) is 9.80 Å². The van der Waals surface area contributed by atoms with Gasteiger partial charge in [0.25, 0.3) is 23.6 Å². The number of anilines is 2. The van der Waals surface area contributed by atoms with Crippen LogP contribution in [0, 0.1) is 13.8 Å². The molecule has 0 fully saturated rings. The Kier molecular flexibility index (Phi) is 11.1. The van der Waals surface area contributed by atoms with Crippen LogP contribution in [0.25, 0.3) is 43.1 Å². The molecule has 0 bridgehead atoms. The molecule has 0 saturated heterocycles. The van der Waals surface area contributed by atoms with Crippen LogP contribution in [0.5, 0.6) is 0 Å². The lowest BCUT2D eigenvalue weighted by molar-refractivity contribution is 0.0877. The van der Waals surface area contributed by atoms with E-state index in [4.69, 9.17) is 0 Å². The summed E-state index contributed by atoms with van der Waals surface area (Å²) in [6.45, 7) is 20.9. The molecular weight excluding hydrogens is 901 g/mol. The van der Waals surface area contributed by atoms with Crippen LogP contribution in [-0.4, -0.2) is 23.6 Å². The Balaban J connectivity index is 1.27. The van der Waals surface area contributed by atoms with Crippen molar-refractivity contribution in [2.75, 3.05) is 9.80 Å². The third-order valence-corrected chi connectivity index (χ3v) is 16.5. The minimum Gasteiger partial charge on any atom is -0.268 e. The summed E-state index contributed by atoms with van der Waals surface area (Å²) in [7, 11) is 0. The lowest BCUT2D eigenvalue weighted by atomic mass is 9.81. The van der Waals surface area contributed by atoms with Gasteiger partial charge in [-0.05, 0) is 119 Å². The fourth-order valence-corrected chi connectivity index (χ4v) is 13.0. The number of carbonyl (C=O) groups excluding carboxylic acids is 4. The Hall–Kier alpha value is -6.74. The Morgan fingerprint density at radius 2 is 0.671 bits per heavy atom. The van der Waals surface area contributed by atoms with Crippen LogP contribution in [0.15, 0.2) is 141 Å². The topological polar surface area (TPSA) is 74.8 Å². The number of carbonyl (C=O) groups is 4. The van der Waals surface area contributed by atoms with Crippen molar-refractivity contribution in [2.45, 2.75) is 112 Å². The van der Waals surface area contributed by atoms with Gasteiger partial charge in [0.2, 0.25) is 0 Å². The van der Waals surface area contributed by atoms with Gasteiger partial charge in [0, 0.05) is 63.0 Å². The van der Waals surface area contributed by atoms with Crippen LogP contribution in [-0.2, 0) is 0 Å².